The quantitative estimate of drug-likeness (QED) is 0.812. The zero-order valence-corrected chi connectivity index (χ0v) is 9.80. The van der Waals surface area contributed by atoms with E-state index < -0.39 is 5.97 Å². The van der Waals surface area contributed by atoms with Crippen molar-refractivity contribution in [1.82, 2.24) is 15.0 Å². The van der Waals surface area contributed by atoms with E-state index in [-0.39, 0.29) is 12.0 Å². The second-order valence-electron chi connectivity index (χ2n) is 4.57. The van der Waals surface area contributed by atoms with Gasteiger partial charge < -0.3 is 9.63 Å². The molecule has 1 N–H and O–H groups in total. The Morgan fingerprint density at radius 2 is 2.25 bits per heavy atom. The zero-order valence-electron chi connectivity index (χ0n) is 9.80. The largest absolute Gasteiger partial charge is 0.481 e. The Balaban J connectivity index is 2.61. The number of carboxylic acids is 1. The van der Waals surface area contributed by atoms with E-state index in [1.807, 2.05) is 25.7 Å². The van der Waals surface area contributed by atoms with Gasteiger partial charge in [0.15, 0.2) is 6.33 Å². The number of aromatic nitrogens is 2. The maximum atomic E-state index is 10.6. The van der Waals surface area contributed by atoms with Crippen molar-refractivity contribution in [3.05, 3.63) is 12.2 Å². The third-order valence-corrected chi connectivity index (χ3v) is 2.28. The first-order valence-electron chi connectivity index (χ1n) is 5.12. The van der Waals surface area contributed by atoms with E-state index in [9.17, 15) is 4.79 Å². The molecule has 1 rings (SSSR count). The number of hydrogen-bond acceptors (Lipinski definition) is 5. The first-order valence-corrected chi connectivity index (χ1v) is 5.12. The molecule has 0 amide bonds. The Morgan fingerprint density at radius 3 is 2.69 bits per heavy atom. The van der Waals surface area contributed by atoms with E-state index in [1.54, 1.807) is 0 Å². The Morgan fingerprint density at radius 1 is 1.56 bits per heavy atom. The molecule has 0 aliphatic rings. The molecule has 90 valence electrons. The minimum absolute atomic E-state index is 0.103. The van der Waals surface area contributed by atoms with Crippen molar-refractivity contribution < 1.29 is 14.4 Å². The van der Waals surface area contributed by atoms with Crippen LogP contribution in [0.1, 0.15) is 33.1 Å². The van der Waals surface area contributed by atoms with Gasteiger partial charge in [-0.25, -0.2) is 0 Å². The van der Waals surface area contributed by atoms with Crippen LogP contribution in [0, 0.1) is 0 Å². The predicted molar refractivity (Wildman–Crippen MR) is 56.7 cm³/mol. The van der Waals surface area contributed by atoms with E-state index in [0.717, 1.165) is 0 Å². The molecule has 0 saturated carbocycles. The van der Waals surface area contributed by atoms with Gasteiger partial charge in [-0.1, -0.05) is 5.16 Å². The Bertz CT molecular complexity index is 330. The molecule has 0 aliphatic heterocycles. The molecule has 1 aromatic rings. The van der Waals surface area contributed by atoms with Gasteiger partial charge in [-0.3, -0.25) is 9.69 Å². The van der Waals surface area contributed by atoms with Gasteiger partial charge in [-0.15, -0.1) is 0 Å². The molecule has 0 fully saturated rings. The molecule has 0 aliphatic carbocycles. The monoisotopic (exact) mass is 227 g/mol. The SMILES string of the molecule is CC(C)(C)N(CCC(=O)O)Cc1ncno1. The summed E-state index contributed by atoms with van der Waals surface area (Å²) in [6.45, 7) is 6.99. The number of nitrogens with zero attached hydrogens (tertiary/aromatic N) is 3. The molecule has 6 heteroatoms. The number of carboxylic acid groups (broad SMARTS) is 1. The number of hydrogen-bond donors (Lipinski definition) is 1. The second-order valence-corrected chi connectivity index (χ2v) is 4.57. The molecule has 0 bridgehead atoms. The fraction of sp³-hybridized carbons (Fsp3) is 0.700. The lowest BCUT2D eigenvalue weighted by Gasteiger charge is -2.34. The highest BCUT2D eigenvalue weighted by Crippen LogP contribution is 2.16. The van der Waals surface area contributed by atoms with Crippen LogP contribution >= 0.6 is 0 Å². The van der Waals surface area contributed by atoms with Crippen molar-refractivity contribution in [2.24, 2.45) is 0 Å². The van der Waals surface area contributed by atoms with Gasteiger partial charge in [0.1, 0.15) is 0 Å². The van der Waals surface area contributed by atoms with E-state index in [1.165, 1.54) is 6.33 Å². The first-order chi connectivity index (χ1) is 7.39. The van der Waals surface area contributed by atoms with E-state index >= 15 is 0 Å². The van der Waals surface area contributed by atoms with Crippen molar-refractivity contribution in [2.75, 3.05) is 6.54 Å². The van der Waals surface area contributed by atoms with Crippen LogP contribution < -0.4 is 0 Å². The van der Waals surface area contributed by atoms with Crippen molar-refractivity contribution in [1.29, 1.82) is 0 Å². The van der Waals surface area contributed by atoms with Crippen LogP contribution in [0.4, 0.5) is 0 Å². The summed E-state index contributed by atoms with van der Waals surface area (Å²) in [7, 11) is 0. The summed E-state index contributed by atoms with van der Waals surface area (Å²) in [6, 6.07) is 0. The van der Waals surface area contributed by atoms with Crippen molar-refractivity contribution in [3.63, 3.8) is 0 Å². The number of rotatable bonds is 5. The predicted octanol–water partition coefficient (Wildman–Crippen LogP) is 1.14. The van der Waals surface area contributed by atoms with Crippen LogP contribution in [0.5, 0.6) is 0 Å². The van der Waals surface area contributed by atoms with E-state index in [2.05, 4.69) is 10.1 Å². The second kappa shape index (κ2) is 5.07. The third kappa shape index (κ3) is 3.98. The summed E-state index contributed by atoms with van der Waals surface area (Å²) in [5.74, 6) is -0.305. The molecule has 0 aromatic carbocycles. The molecule has 0 saturated heterocycles. The van der Waals surface area contributed by atoms with Crippen LogP contribution in [0.3, 0.4) is 0 Å². The van der Waals surface area contributed by atoms with Crippen LogP contribution in [0.25, 0.3) is 0 Å². The van der Waals surface area contributed by atoms with Gasteiger partial charge in [0.25, 0.3) is 0 Å². The Labute approximate surface area is 94.3 Å². The van der Waals surface area contributed by atoms with Gasteiger partial charge >= 0.3 is 5.97 Å². The molecule has 0 spiro atoms. The molecule has 16 heavy (non-hydrogen) atoms. The lowest BCUT2D eigenvalue weighted by atomic mass is 10.1. The smallest absolute Gasteiger partial charge is 0.304 e. The lowest BCUT2D eigenvalue weighted by molar-refractivity contribution is -0.137. The molecular weight excluding hydrogens is 210 g/mol. The van der Waals surface area contributed by atoms with Gasteiger partial charge in [-0.2, -0.15) is 4.98 Å². The van der Waals surface area contributed by atoms with Crippen molar-refractivity contribution >= 4 is 5.97 Å². The summed E-state index contributed by atoms with van der Waals surface area (Å²) in [6.07, 6.45) is 1.44. The molecule has 1 heterocycles. The highest BCUT2D eigenvalue weighted by atomic mass is 16.5. The van der Waals surface area contributed by atoms with Crippen LogP contribution in [0.2, 0.25) is 0 Å². The van der Waals surface area contributed by atoms with Gasteiger partial charge in [0.05, 0.1) is 13.0 Å². The minimum atomic E-state index is -0.806. The van der Waals surface area contributed by atoms with Crippen LogP contribution in [-0.2, 0) is 11.3 Å². The third-order valence-electron chi connectivity index (χ3n) is 2.28. The lowest BCUT2D eigenvalue weighted by Crippen LogP contribution is -2.42. The normalized spacial score (nSPS) is 12.0. The average molecular weight is 227 g/mol. The highest BCUT2D eigenvalue weighted by Gasteiger charge is 2.23. The summed E-state index contributed by atoms with van der Waals surface area (Å²) in [5.41, 5.74) is -0.135. The Kier molecular flexibility index (Phi) is 4.00. The van der Waals surface area contributed by atoms with Crippen molar-refractivity contribution in [3.8, 4) is 0 Å². The standard InChI is InChI=1S/C10H17N3O3/c1-10(2,3)13(5-4-9(14)15)6-8-11-7-12-16-8/h7H,4-6H2,1-3H3,(H,14,15). The molecule has 6 nitrogen and oxygen atoms in total. The van der Waals surface area contributed by atoms with Gasteiger partial charge in [-0.05, 0) is 20.8 Å². The highest BCUT2D eigenvalue weighted by molar-refractivity contribution is 5.66. The summed E-state index contributed by atoms with van der Waals surface area (Å²) < 4.78 is 4.92. The molecule has 0 atom stereocenters. The fourth-order valence-electron chi connectivity index (χ4n) is 1.31. The van der Waals surface area contributed by atoms with Crippen LogP contribution in [0.15, 0.2) is 10.9 Å². The topological polar surface area (TPSA) is 79.5 Å². The summed E-state index contributed by atoms with van der Waals surface area (Å²) >= 11 is 0. The van der Waals surface area contributed by atoms with E-state index in [4.69, 9.17) is 9.63 Å². The van der Waals surface area contributed by atoms with Crippen molar-refractivity contribution in [2.45, 2.75) is 39.3 Å². The number of carbonyl (C=O) groups is 1. The maximum absolute atomic E-state index is 10.6. The summed E-state index contributed by atoms with van der Waals surface area (Å²) in [4.78, 5) is 16.5. The molecule has 0 radical (unpaired) electrons. The van der Waals surface area contributed by atoms with Crippen LogP contribution in [-0.4, -0.2) is 38.2 Å². The first kappa shape index (κ1) is 12.6. The fourth-order valence-corrected chi connectivity index (χ4v) is 1.31. The van der Waals surface area contributed by atoms with Gasteiger partial charge in [0.2, 0.25) is 5.89 Å². The zero-order chi connectivity index (χ0) is 12.2. The van der Waals surface area contributed by atoms with E-state index in [0.29, 0.717) is 19.0 Å². The molecule has 0 unspecified atom stereocenters. The van der Waals surface area contributed by atoms with Gasteiger partial charge in [0, 0.05) is 12.1 Å². The average Bonchev–Trinajstić information content (AvgIpc) is 2.62. The molecular formula is C10H17N3O3. The number of aliphatic carboxylic acids is 1. The minimum Gasteiger partial charge on any atom is -0.481 e. The maximum Gasteiger partial charge on any atom is 0.304 e. The Hall–Kier alpha value is -1.43. The molecule has 1 aromatic heterocycles. The summed E-state index contributed by atoms with van der Waals surface area (Å²) in [5, 5.41) is 12.2.